The van der Waals surface area contributed by atoms with E-state index in [9.17, 15) is 24.0 Å². The topological polar surface area (TPSA) is 135 Å². The number of hydrogen-bond acceptors (Lipinski definition) is 11. The third-order valence-electron chi connectivity index (χ3n) is 14.4. The first kappa shape index (κ1) is 67.3. The molecular weight excluding hydrogens is 907 g/mol. The van der Waals surface area contributed by atoms with Crippen LogP contribution in [0.3, 0.4) is 0 Å². The molecule has 1 rings (SSSR count). The van der Waals surface area contributed by atoms with Gasteiger partial charge >= 0.3 is 29.8 Å². The second-order valence-corrected chi connectivity index (χ2v) is 21.3. The number of rotatable bonds is 52. The van der Waals surface area contributed by atoms with Crippen molar-refractivity contribution in [1.82, 2.24) is 4.90 Å². The van der Waals surface area contributed by atoms with E-state index in [2.05, 4.69) is 32.6 Å². The number of piperidine rings is 1. The Morgan fingerprint density at radius 1 is 0.347 bits per heavy atom. The zero-order valence-corrected chi connectivity index (χ0v) is 47.4. The van der Waals surface area contributed by atoms with Crippen molar-refractivity contribution in [1.29, 1.82) is 0 Å². The summed E-state index contributed by atoms with van der Waals surface area (Å²) < 4.78 is 28.4. The van der Waals surface area contributed by atoms with Gasteiger partial charge in [0.25, 0.3) is 6.10 Å². The van der Waals surface area contributed by atoms with Gasteiger partial charge in [-0.15, -0.1) is 0 Å². The molecule has 422 valence electrons. The van der Waals surface area contributed by atoms with Crippen LogP contribution in [0.15, 0.2) is 0 Å². The molecule has 0 radical (unpaired) electrons. The molecule has 2 atom stereocenters. The van der Waals surface area contributed by atoms with Crippen LogP contribution in [-0.2, 0) is 47.7 Å². The van der Waals surface area contributed by atoms with Crippen molar-refractivity contribution in [2.75, 3.05) is 32.8 Å². The minimum absolute atomic E-state index is 0.0247. The molecule has 0 aromatic heterocycles. The number of ether oxygens (including phenoxy) is 5. The minimum Gasteiger partial charge on any atom is -0.462 e. The number of carbonyl (C=O) groups excluding carboxylic acids is 5. The maximum absolute atomic E-state index is 13.2. The number of likely N-dealkylation sites (tertiary alicyclic amines) is 1. The van der Waals surface area contributed by atoms with Crippen molar-refractivity contribution in [3.8, 4) is 0 Å². The molecule has 0 spiro atoms. The van der Waals surface area contributed by atoms with E-state index in [1.807, 2.05) is 0 Å². The highest BCUT2D eigenvalue weighted by molar-refractivity contribution is 5.99. The van der Waals surface area contributed by atoms with Gasteiger partial charge < -0.3 is 28.6 Å². The highest BCUT2D eigenvalue weighted by Crippen LogP contribution is 2.21. The van der Waals surface area contributed by atoms with E-state index < -0.39 is 24.0 Å². The maximum Gasteiger partial charge on any atom is 0.359 e. The predicted molar refractivity (Wildman–Crippen MR) is 294 cm³/mol. The summed E-state index contributed by atoms with van der Waals surface area (Å²) in [7, 11) is 0. The van der Waals surface area contributed by atoms with E-state index in [0.717, 1.165) is 129 Å². The largest absolute Gasteiger partial charge is 0.462 e. The molecule has 0 aromatic rings. The summed E-state index contributed by atoms with van der Waals surface area (Å²) >= 11 is 0. The van der Waals surface area contributed by atoms with E-state index in [1.165, 1.54) is 135 Å². The Bertz CT molecular complexity index is 1270. The van der Waals surface area contributed by atoms with Gasteiger partial charge in [0.15, 0.2) is 0 Å². The maximum atomic E-state index is 13.2. The lowest BCUT2D eigenvalue weighted by Crippen LogP contribution is -2.39. The Morgan fingerprint density at radius 3 is 1.01 bits per heavy atom. The summed E-state index contributed by atoms with van der Waals surface area (Å²) in [5.41, 5.74) is 0. The fourth-order valence-electron chi connectivity index (χ4n) is 9.74. The average molecular weight is 1020 g/mol. The van der Waals surface area contributed by atoms with E-state index in [1.54, 1.807) is 0 Å². The smallest absolute Gasteiger partial charge is 0.359 e. The van der Waals surface area contributed by atoms with Gasteiger partial charge in [-0.25, -0.2) is 9.59 Å². The zero-order chi connectivity index (χ0) is 52.4. The summed E-state index contributed by atoms with van der Waals surface area (Å²) in [6.07, 6.45) is 43.8. The van der Waals surface area contributed by atoms with Gasteiger partial charge in [0, 0.05) is 19.4 Å². The van der Waals surface area contributed by atoms with Crippen LogP contribution in [0.1, 0.15) is 310 Å². The summed E-state index contributed by atoms with van der Waals surface area (Å²) in [5, 5.41) is 0. The van der Waals surface area contributed by atoms with Crippen LogP contribution >= 0.6 is 0 Å². The van der Waals surface area contributed by atoms with Crippen molar-refractivity contribution >= 4 is 29.8 Å². The summed E-state index contributed by atoms with van der Waals surface area (Å²) in [6.45, 7) is 11.5. The molecule has 1 fully saturated rings. The van der Waals surface area contributed by atoms with Crippen molar-refractivity contribution < 1.29 is 47.7 Å². The second-order valence-electron chi connectivity index (χ2n) is 21.3. The molecule has 0 N–H and O–H groups in total. The first-order valence-corrected chi connectivity index (χ1v) is 30.9. The van der Waals surface area contributed by atoms with Crippen LogP contribution in [-0.4, -0.2) is 85.9 Å². The molecule has 1 aliphatic heterocycles. The molecule has 0 saturated carbocycles. The number of unbranched alkanes of at least 4 members (excludes halogenated alkanes) is 28. The van der Waals surface area contributed by atoms with E-state index in [0.29, 0.717) is 32.2 Å². The molecule has 0 bridgehead atoms. The van der Waals surface area contributed by atoms with Crippen LogP contribution in [0.4, 0.5) is 0 Å². The summed E-state index contributed by atoms with van der Waals surface area (Å²) in [5.74, 6) is -2.62. The predicted octanol–water partition coefficient (Wildman–Crippen LogP) is 16.4. The fraction of sp³-hybridized carbons (Fsp3) is 0.918. The Labute approximate surface area is 442 Å². The summed E-state index contributed by atoms with van der Waals surface area (Å²) in [6, 6.07) is 0. The first-order chi connectivity index (χ1) is 35.2. The van der Waals surface area contributed by atoms with Gasteiger partial charge in [0.1, 0.15) is 12.2 Å². The monoisotopic (exact) mass is 1020 g/mol. The molecule has 72 heavy (non-hydrogen) atoms. The highest BCUT2D eigenvalue weighted by atomic mass is 16.6. The zero-order valence-electron chi connectivity index (χ0n) is 47.4. The van der Waals surface area contributed by atoms with Gasteiger partial charge in [-0.2, -0.15) is 0 Å². The molecule has 1 heterocycles. The van der Waals surface area contributed by atoms with E-state index in [-0.39, 0.29) is 43.8 Å². The van der Waals surface area contributed by atoms with Crippen LogP contribution in [0.25, 0.3) is 0 Å². The molecule has 1 aliphatic rings. The molecular formula is C61H113NO10. The fourth-order valence-corrected chi connectivity index (χ4v) is 9.74. The van der Waals surface area contributed by atoms with Crippen LogP contribution in [0.5, 0.6) is 0 Å². The quantitative estimate of drug-likeness (QED) is 0.0249. The second kappa shape index (κ2) is 50.5. The van der Waals surface area contributed by atoms with Crippen molar-refractivity contribution in [2.24, 2.45) is 0 Å². The van der Waals surface area contributed by atoms with Crippen molar-refractivity contribution in [3.63, 3.8) is 0 Å². The van der Waals surface area contributed by atoms with Gasteiger partial charge in [0.2, 0.25) is 0 Å². The lowest BCUT2D eigenvalue weighted by molar-refractivity contribution is -0.180. The van der Waals surface area contributed by atoms with Crippen molar-refractivity contribution in [2.45, 2.75) is 329 Å². The minimum atomic E-state index is -1.76. The number of esters is 5. The summed E-state index contributed by atoms with van der Waals surface area (Å²) in [4.78, 5) is 67.2. The lowest BCUT2D eigenvalue weighted by atomic mass is 10.0. The molecule has 11 nitrogen and oxygen atoms in total. The Balaban J connectivity index is 2.48. The van der Waals surface area contributed by atoms with E-state index in [4.69, 9.17) is 23.7 Å². The Hall–Kier alpha value is -2.69. The molecule has 1 saturated heterocycles. The third kappa shape index (κ3) is 41.6. The van der Waals surface area contributed by atoms with E-state index >= 15 is 0 Å². The Kier molecular flexibility index (Phi) is 47.2. The van der Waals surface area contributed by atoms with Gasteiger partial charge in [-0.1, -0.05) is 201 Å². The number of hydrogen-bond donors (Lipinski definition) is 0. The first-order valence-electron chi connectivity index (χ1n) is 30.9. The SMILES string of the molecule is CCCCCCCCCC(CCCCCCC)OC(=O)CCCCCCCOC(=O)C(OC(=O)CCN1CCCCC1)C(=O)OCCCCCCCC(=O)OC(CCCCCCCC)CCCCCCCC. The van der Waals surface area contributed by atoms with Crippen LogP contribution in [0, 0.1) is 0 Å². The average Bonchev–Trinajstić information content (AvgIpc) is 3.38. The van der Waals surface area contributed by atoms with Gasteiger partial charge in [0.05, 0.1) is 19.6 Å². The molecule has 2 unspecified atom stereocenters. The third-order valence-corrected chi connectivity index (χ3v) is 14.4. The highest BCUT2D eigenvalue weighted by Gasteiger charge is 2.34. The molecule has 0 amide bonds. The van der Waals surface area contributed by atoms with Gasteiger partial charge in [-0.05, 0) is 103 Å². The molecule has 0 aliphatic carbocycles. The normalized spacial score (nSPS) is 13.7. The van der Waals surface area contributed by atoms with Crippen LogP contribution < -0.4 is 0 Å². The van der Waals surface area contributed by atoms with Gasteiger partial charge in [-0.3, -0.25) is 14.4 Å². The standard InChI is InChI=1S/C61H113NO10/c1-5-9-13-17-20-26-35-45-54(42-32-23-16-12-8-4)70-56(63)46-36-27-21-29-40-52-68-60(66)59(72-58(65)48-51-62-49-38-31-39-50-62)61(67)69-53-41-30-22-28-37-47-57(64)71-55(43-33-24-18-14-10-6-2)44-34-25-19-15-11-7-3/h54-55,59H,5-53H2,1-4H3. The molecule has 11 heteroatoms. The Morgan fingerprint density at radius 2 is 0.653 bits per heavy atom. The number of carbonyl (C=O) groups is 5. The number of nitrogens with zero attached hydrogens (tertiary/aromatic N) is 1. The lowest BCUT2D eigenvalue weighted by Gasteiger charge is -2.26. The van der Waals surface area contributed by atoms with Crippen molar-refractivity contribution in [3.05, 3.63) is 0 Å². The van der Waals surface area contributed by atoms with Crippen LogP contribution in [0.2, 0.25) is 0 Å². The molecule has 0 aromatic carbocycles.